The molecular weight excluding hydrogens is 369 g/mol. The molecular formula is C20H19ClFN3O2. The topological polar surface area (TPSA) is 56.1 Å². The number of anilines is 1. The van der Waals surface area contributed by atoms with Gasteiger partial charge in [0.1, 0.15) is 5.15 Å². The van der Waals surface area contributed by atoms with Crippen LogP contribution < -0.4 is 10.1 Å². The molecule has 0 unspecified atom stereocenters. The van der Waals surface area contributed by atoms with Crippen LogP contribution in [0, 0.1) is 19.7 Å². The van der Waals surface area contributed by atoms with Crippen molar-refractivity contribution in [3.63, 3.8) is 0 Å². The van der Waals surface area contributed by atoms with Gasteiger partial charge in [-0.3, -0.25) is 4.79 Å². The summed E-state index contributed by atoms with van der Waals surface area (Å²) in [4.78, 5) is 12.6. The average molecular weight is 388 g/mol. The van der Waals surface area contributed by atoms with Crippen LogP contribution in [0.2, 0.25) is 5.15 Å². The molecule has 0 atom stereocenters. The molecule has 0 aliphatic rings. The van der Waals surface area contributed by atoms with E-state index in [4.69, 9.17) is 16.3 Å². The summed E-state index contributed by atoms with van der Waals surface area (Å²) in [5, 5.41) is 7.25. The number of methoxy groups -OCH3 is 1. The third kappa shape index (κ3) is 4.11. The second-order valence-electron chi connectivity index (χ2n) is 6.20. The Labute approximate surface area is 161 Å². The van der Waals surface area contributed by atoms with Crippen LogP contribution >= 0.6 is 11.6 Å². The van der Waals surface area contributed by atoms with Gasteiger partial charge in [-0.05, 0) is 31.5 Å². The van der Waals surface area contributed by atoms with Crippen molar-refractivity contribution < 1.29 is 13.9 Å². The van der Waals surface area contributed by atoms with Crippen LogP contribution in [-0.2, 0) is 6.54 Å². The van der Waals surface area contributed by atoms with Crippen LogP contribution in [0.3, 0.4) is 0 Å². The Morgan fingerprint density at radius 1 is 1.22 bits per heavy atom. The van der Waals surface area contributed by atoms with Crippen LogP contribution in [0.4, 0.5) is 10.1 Å². The first-order valence-corrected chi connectivity index (χ1v) is 8.70. The second kappa shape index (κ2) is 7.80. The van der Waals surface area contributed by atoms with E-state index in [2.05, 4.69) is 10.4 Å². The van der Waals surface area contributed by atoms with Crippen molar-refractivity contribution in [2.75, 3.05) is 12.4 Å². The largest absolute Gasteiger partial charge is 0.494 e. The first-order valence-electron chi connectivity index (χ1n) is 8.32. The fraction of sp³-hybridized carbons (Fsp3) is 0.200. The number of aromatic nitrogens is 2. The number of amides is 1. The Hall–Kier alpha value is -2.86. The van der Waals surface area contributed by atoms with Gasteiger partial charge in [0.25, 0.3) is 5.91 Å². The van der Waals surface area contributed by atoms with Crippen molar-refractivity contribution in [2.45, 2.75) is 20.4 Å². The molecule has 0 radical (unpaired) electrons. The zero-order valence-electron chi connectivity index (χ0n) is 15.2. The molecule has 0 saturated carbocycles. The number of ether oxygens (including phenoxy) is 1. The highest BCUT2D eigenvalue weighted by molar-refractivity contribution is 6.33. The van der Waals surface area contributed by atoms with Gasteiger partial charge in [0.05, 0.1) is 24.9 Å². The smallest absolute Gasteiger partial charge is 0.260 e. The summed E-state index contributed by atoms with van der Waals surface area (Å²) in [5.74, 6) is -0.904. The molecule has 0 spiro atoms. The van der Waals surface area contributed by atoms with Gasteiger partial charge in [0, 0.05) is 11.8 Å². The molecule has 0 aliphatic heterocycles. The molecule has 3 aromatic rings. The summed E-state index contributed by atoms with van der Waals surface area (Å²) >= 11 is 6.40. The van der Waals surface area contributed by atoms with E-state index in [9.17, 15) is 9.18 Å². The SMILES string of the molecule is COc1ccc(NC(=O)c2c(C)nn(Cc3ccc(C)cc3)c2Cl)cc1F. The van der Waals surface area contributed by atoms with Crippen molar-refractivity contribution >= 4 is 23.2 Å². The Morgan fingerprint density at radius 3 is 2.56 bits per heavy atom. The maximum Gasteiger partial charge on any atom is 0.260 e. The van der Waals surface area contributed by atoms with Crippen LogP contribution in [0.5, 0.6) is 5.75 Å². The number of nitrogens with one attached hydrogen (secondary N) is 1. The van der Waals surface area contributed by atoms with Crippen molar-refractivity contribution in [3.05, 3.63) is 75.8 Å². The lowest BCUT2D eigenvalue weighted by molar-refractivity contribution is 0.102. The summed E-state index contributed by atoms with van der Waals surface area (Å²) in [7, 11) is 1.38. The molecule has 0 saturated heterocycles. The van der Waals surface area contributed by atoms with E-state index in [1.807, 2.05) is 31.2 Å². The molecule has 1 amide bonds. The Balaban J connectivity index is 1.82. The minimum atomic E-state index is -0.562. The summed E-state index contributed by atoms with van der Waals surface area (Å²) in [6.07, 6.45) is 0. The number of hydrogen-bond donors (Lipinski definition) is 1. The van der Waals surface area contributed by atoms with Crippen LogP contribution in [0.15, 0.2) is 42.5 Å². The maximum atomic E-state index is 13.8. The molecule has 3 rings (SSSR count). The zero-order chi connectivity index (χ0) is 19.6. The molecule has 0 fully saturated rings. The van der Waals surface area contributed by atoms with E-state index < -0.39 is 11.7 Å². The molecule has 0 aliphatic carbocycles. The van der Waals surface area contributed by atoms with E-state index in [1.165, 1.54) is 19.2 Å². The molecule has 1 N–H and O–H groups in total. The molecule has 2 aromatic carbocycles. The first kappa shape index (κ1) is 18.9. The van der Waals surface area contributed by atoms with Crippen molar-refractivity contribution in [3.8, 4) is 5.75 Å². The summed E-state index contributed by atoms with van der Waals surface area (Å²) in [5.41, 5.74) is 3.25. The van der Waals surface area contributed by atoms with Crippen LogP contribution in [0.25, 0.3) is 0 Å². The Kier molecular flexibility index (Phi) is 5.46. The predicted octanol–water partition coefficient (Wildman–Crippen LogP) is 4.60. The van der Waals surface area contributed by atoms with E-state index in [0.29, 0.717) is 17.9 Å². The molecule has 140 valence electrons. The Bertz CT molecular complexity index is 984. The van der Waals surface area contributed by atoms with E-state index in [-0.39, 0.29) is 16.5 Å². The van der Waals surface area contributed by atoms with Gasteiger partial charge < -0.3 is 10.1 Å². The normalized spacial score (nSPS) is 10.7. The number of halogens is 2. The molecule has 5 nitrogen and oxygen atoms in total. The predicted molar refractivity (Wildman–Crippen MR) is 103 cm³/mol. The monoisotopic (exact) mass is 387 g/mol. The van der Waals surface area contributed by atoms with Crippen LogP contribution in [-0.4, -0.2) is 22.8 Å². The van der Waals surface area contributed by atoms with Crippen LogP contribution in [0.1, 0.15) is 27.2 Å². The van der Waals surface area contributed by atoms with Crippen molar-refractivity contribution in [2.24, 2.45) is 0 Å². The van der Waals surface area contributed by atoms with E-state index in [0.717, 1.165) is 11.1 Å². The third-order valence-electron chi connectivity index (χ3n) is 4.16. The van der Waals surface area contributed by atoms with Gasteiger partial charge in [-0.25, -0.2) is 9.07 Å². The highest BCUT2D eigenvalue weighted by Crippen LogP contribution is 2.24. The molecule has 1 heterocycles. The molecule has 1 aromatic heterocycles. The van der Waals surface area contributed by atoms with Gasteiger partial charge in [-0.2, -0.15) is 5.10 Å². The standard InChI is InChI=1S/C20H19ClFN3O2/c1-12-4-6-14(7-5-12)11-25-19(21)18(13(2)24-25)20(26)23-15-8-9-17(27-3)16(22)10-15/h4-10H,11H2,1-3H3,(H,23,26). The summed E-state index contributed by atoms with van der Waals surface area (Å²) < 4.78 is 20.3. The fourth-order valence-corrected chi connectivity index (χ4v) is 3.04. The number of benzene rings is 2. The van der Waals surface area contributed by atoms with E-state index >= 15 is 0 Å². The van der Waals surface area contributed by atoms with Gasteiger partial charge in [0.15, 0.2) is 11.6 Å². The highest BCUT2D eigenvalue weighted by Gasteiger charge is 2.21. The second-order valence-corrected chi connectivity index (χ2v) is 6.56. The van der Waals surface area contributed by atoms with Gasteiger partial charge >= 0.3 is 0 Å². The maximum absolute atomic E-state index is 13.8. The van der Waals surface area contributed by atoms with Gasteiger partial charge in [0.2, 0.25) is 0 Å². The summed E-state index contributed by atoms with van der Waals surface area (Å²) in [6.45, 7) is 4.17. The number of carbonyl (C=O) groups is 1. The van der Waals surface area contributed by atoms with Gasteiger partial charge in [-0.15, -0.1) is 0 Å². The Morgan fingerprint density at radius 2 is 1.93 bits per heavy atom. The number of nitrogens with zero attached hydrogens (tertiary/aromatic N) is 2. The number of hydrogen-bond acceptors (Lipinski definition) is 3. The number of aryl methyl sites for hydroxylation is 2. The van der Waals surface area contributed by atoms with Gasteiger partial charge in [-0.1, -0.05) is 41.4 Å². The average Bonchev–Trinajstić information content (AvgIpc) is 2.90. The summed E-state index contributed by atoms with van der Waals surface area (Å²) in [6, 6.07) is 12.2. The lowest BCUT2D eigenvalue weighted by atomic mass is 10.1. The van der Waals surface area contributed by atoms with Crippen molar-refractivity contribution in [1.82, 2.24) is 9.78 Å². The third-order valence-corrected chi connectivity index (χ3v) is 4.54. The highest BCUT2D eigenvalue weighted by atomic mass is 35.5. The minimum absolute atomic E-state index is 0.105. The molecule has 27 heavy (non-hydrogen) atoms. The number of carbonyl (C=O) groups excluding carboxylic acids is 1. The molecule has 7 heteroatoms. The lowest BCUT2D eigenvalue weighted by Gasteiger charge is -2.08. The fourth-order valence-electron chi connectivity index (χ4n) is 2.72. The molecule has 0 bridgehead atoms. The minimum Gasteiger partial charge on any atom is -0.494 e. The number of rotatable bonds is 5. The quantitative estimate of drug-likeness (QED) is 0.696. The zero-order valence-corrected chi connectivity index (χ0v) is 16.0. The first-order chi connectivity index (χ1) is 12.9. The van der Waals surface area contributed by atoms with Crippen molar-refractivity contribution in [1.29, 1.82) is 0 Å². The van der Waals surface area contributed by atoms with E-state index in [1.54, 1.807) is 17.7 Å². The lowest BCUT2D eigenvalue weighted by Crippen LogP contribution is -2.13.